The molecule has 0 unspecified atom stereocenters. The van der Waals surface area contributed by atoms with Gasteiger partial charge in [0, 0.05) is 106 Å². The lowest BCUT2D eigenvalue weighted by Gasteiger charge is -2.10. The fraction of sp³-hybridized carbons (Fsp3) is 0. The van der Waals surface area contributed by atoms with E-state index in [1.807, 2.05) is 85.3 Å². The van der Waals surface area contributed by atoms with Crippen LogP contribution in [0.25, 0.3) is 210 Å². The van der Waals surface area contributed by atoms with Crippen molar-refractivity contribution in [1.82, 2.24) is 49.8 Å². The number of nitrogens with zero attached hydrogens (tertiary/aromatic N) is 10. The van der Waals surface area contributed by atoms with Crippen molar-refractivity contribution in [2.24, 2.45) is 0 Å². The lowest BCUT2D eigenvalue weighted by molar-refractivity contribution is 1.18. The zero-order valence-electron chi connectivity index (χ0n) is 58.1. The minimum Gasteiger partial charge on any atom is -0.256 e. The van der Waals surface area contributed by atoms with Crippen LogP contribution in [-0.4, -0.2) is 49.8 Å². The van der Waals surface area contributed by atoms with Crippen LogP contribution in [0, 0.1) is 0 Å². The van der Waals surface area contributed by atoms with E-state index in [1.165, 1.54) is 0 Å². The Bertz CT molecular complexity index is 7060. The van der Waals surface area contributed by atoms with Crippen molar-refractivity contribution < 1.29 is 0 Å². The molecule has 502 valence electrons. The van der Waals surface area contributed by atoms with E-state index in [0.29, 0.717) is 5.82 Å². The molecular weight excluding hydrogens is 1320 g/mol. The normalized spacial score (nSPS) is 11.5. The molecule has 0 saturated heterocycles. The first-order valence-corrected chi connectivity index (χ1v) is 36.0. The third kappa shape index (κ3) is 12.1. The van der Waals surface area contributed by atoms with Gasteiger partial charge in [0.25, 0.3) is 0 Å². The van der Waals surface area contributed by atoms with Gasteiger partial charge < -0.3 is 0 Å². The molecular formula is C98H60N10. The van der Waals surface area contributed by atoms with E-state index in [2.05, 4.69) is 294 Å². The van der Waals surface area contributed by atoms with Crippen molar-refractivity contribution >= 4 is 98.0 Å². The number of hydrogen-bond acceptors (Lipinski definition) is 10. The minimum atomic E-state index is 0.703. The monoisotopic (exact) mass is 1380 g/mol. The van der Waals surface area contributed by atoms with E-state index in [1.54, 1.807) is 0 Å². The van der Waals surface area contributed by atoms with Gasteiger partial charge in [-0.1, -0.05) is 243 Å². The fourth-order valence-electron chi connectivity index (χ4n) is 14.8. The highest BCUT2D eigenvalue weighted by Crippen LogP contribution is 2.38. The maximum Gasteiger partial charge on any atom is 0.160 e. The average molecular weight is 1380 g/mol. The summed E-state index contributed by atoms with van der Waals surface area (Å²) in [5.41, 5.74) is 26.8. The van der Waals surface area contributed by atoms with Gasteiger partial charge in [0.2, 0.25) is 0 Å². The highest BCUT2D eigenvalue weighted by molar-refractivity contribution is 6.04. The molecule has 108 heavy (non-hydrogen) atoms. The number of benzene rings is 12. The molecule has 0 N–H and O–H groups in total. The topological polar surface area (TPSA) is 129 Å². The van der Waals surface area contributed by atoms with Crippen LogP contribution >= 0.6 is 0 Å². The van der Waals surface area contributed by atoms with E-state index in [9.17, 15) is 0 Å². The zero-order valence-corrected chi connectivity index (χ0v) is 58.1. The van der Waals surface area contributed by atoms with E-state index in [0.717, 1.165) is 205 Å². The smallest absolute Gasteiger partial charge is 0.160 e. The predicted octanol–water partition coefficient (Wildman–Crippen LogP) is 24.4. The maximum atomic E-state index is 5.09. The Morgan fingerprint density at radius 3 is 1.03 bits per heavy atom. The number of fused-ring (bicyclic) bond motifs is 10. The van der Waals surface area contributed by atoms with Gasteiger partial charge in [-0.05, 0) is 136 Å². The van der Waals surface area contributed by atoms with Crippen molar-refractivity contribution in [3.63, 3.8) is 0 Å². The Balaban J connectivity index is 0.000000142. The summed E-state index contributed by atoms with van der Waals surface area (Å²) < 4.78 is 0. The van der Waals surface area contributed by atoms with E-state index >= 15 is 0 Å². The second-order valence-electron chi connectivity index (χ2n) is 27.1. The molecule has 12 aromatic carbocycles. The Morgan fingerprint density at radius 2 is 0.491 bits per heavy atom. The van der Waals surface area contributed by atoms with E-state index < -0.39 is 0 Å². The third-order valence-electron chi connectivity index (χ3n) is 20.4. The van der Waals surface area contributed by atoms with Crippen LogP contribution in [0.3, 0.4) is 0 Å². The van der Waals surface area contributed by atoms with Crippen LogP contribution in [0.5, 0.6) is 0 Å². The molecule has 9 aromatic heterocycles. The van der Waals surface area contributed by atoms with Gasteiger partial charge in [0.1, 0.15) is 0 Å². The fourth-order valence-corrected chi connectivity index (χ4v) is 14.8. The number of aromatic nitrogens is 10. The first kappa shape index (κ1) is 63.0. The molecule has 0 radical (unpaired) electrons. The molecule has 9 heterocycles. The van der Waals surface area contributed by atoms with Crippen LogP contribution in [0.15, 0.2) is 364 Å². The Labute approximate surface area is 620 Å². The zero-order chi connectivity index (χ0) is 71.4. The molecule has 0 aliphatic rings. The third-order valence-corrected chi connectivity index (χ3v) is 20.4. The molecule has 10 nitrogen and oxygen atoms in total. The van der Waals surface area contributed by atoms with E-state index in [4.69, 9.17) is 34.9 Å². The highest BCUT2D eigenvalue weighted by atomic mass is 14.9. The van der Waals surface area contributed by atoms with Crippen LogP contribution in [0.1, 0.15) is 0 Å². The second-order valence-corrected chi connectivity index (χ2v) is 27.1. The van der Waals surface area contributed by atoms with Gasteiger partial charge in [-0.3, -0.25) is 15.0 Å². The first-order chi connectivity index (χ1) is 53.4. The largest absolute Gasteiger partial charge is 0.256 e. The molecule has 0 bridgehead atoms. The second kappa shape index (κ2) is 26.8. The van der Waals surface area contributed by atoms with E-state index in [-0.39, 0.29) is 0 Å². The summed E-state index contributed by atoms with van der Waals surface area (Å²) in [5, 5.41) is 11.1. The van der Waals surface area contributed by atoms with Gasteiger partial charge in [-0.25, -0.2) is 34.9 Å². The van der Waals surface area contributed by atoms with Gasteiger partial charge >= 0.3 is 0 Å². The molecule has 0 fully saturated rings. The molecule has 0 amide bonds. The van der Waals surface area contributed by atoms with Gasteiger partial charge in [0.05, 0.1) is 84.0 Å². The standard InChI is InChI=1S/C49H29N5.C49H31N5/c1-4-31-5-2-24-50-47(31)41(7-1)45-23-16-30-8-11-37(29-46(30)53-45)36-18-21-42-40(28-36)19-22-43(52-42)38-14-12-35-27-39(15-13-34(35)26-38)44-20-17-33-10-9-32-6-3-25-51-48(32)49(33)54-44;1-3-9-32(10-4-1)46-31-47(54-49(53-46)37-11-5-2-6-12-37)34-18-16-33(17-19-34)42-26-24-40-29-38(23-25-43(40)51-42)39-21-20-35-22-27-44(52-45(35)30-39)41-15-7-13-36-14-8-28-50-48(36)41/h1-29H;1-31H. The van der Waals surface area contributed by atoms with Crippen molar-refractivity contribution in [2.75, 3.05) is 0 Å². The minimum absolute atomic E-state index is 0.703. The summed E-state index contributed by atoms with van der Waals surface area (Å²) in [6.07, 6.45) is 5.50. The molecule has 0 aliphatic heterocycles. The first-order valence-electron chi connectivity index (χ1n) is 36.0. The van der Waals surface area contributed by atoms with Crippen LogP contribution in [0.4, 0.5) is 0 Å². The Kier molecular flexibility index (Phi) is 15.6. The quantitative estimate of drug-likeness (QED) is 0.122. The lowest BCUT2D eigenvalue weighted by Crippen LogP contribution is -1.96. The van der Waals surface area contributed by atoms with Crippen LogP contribution in [0.2, 0.25) is 0 Å². The summed E-state index contributed by atoms with van der Waals surface area (Å²) in [5.74, 6) is 0.703. The number of rotatable bonds is 10. The van der Waals surface area contributed by atoms with Crippen molar-refractivity contribution in [3.05, 3.63) is 364 Å². The molecule has 21 rings (SSSR count). The van der Waals surface area contributed by atoms with Gasteiger partial charge in [-0.15, -0.1) is 0 Å². The Morgan fingerprint density at radius 1 is 0.148 bits per heavy atom. The predicted molar refractivity (Wildman–Crippen MR) is 443 cm³/mol. The average Bonchev–Trinajstić information content (AvgIpc) is 0.775. The van der Waals surface area contributed by atoms with Crippen molar-refractivity contribution in [3.8, 4) is 112 Å². The molecule has 10 heteroatoms. The molecule has 0 aliphatic carbocycles. The summed E-state index contributed by atoms with van der Waals surface area (Å²) in [4.78, 5) is 49.2. The van der Waals surface area contributed by atoms with Crippen LogP contribution < -0.4 is 0 Å². The summed E-state index contributed by atoms with van der Waals surface area (Å²) in [6.45, 7) is 0. The van der Waals surface area contributed by atoms with Crippen molar-refractivity contribution in [2.45, 2.75) is 0 Å². The van der Waals surface area contributed by atoms with Crippen molar-refractivity contribution in [1.29, 1.82) is 0 Å². The maximum absolute atomic E-state index is 5.09. The van der Waals surface area contributed by atoms with Gasteiger partial charge in [0.15, 0.2) is 5.82 Å². The number of hydrogen-bond donors (Lipinski definition) is 0. The summed E-state index contributed by atoms with van der Waals surface area (Å²) >= 11 is 0. The summed E-state index contributed by atoms with van der Waals surface area (Å²) in [6, 6.07) is 120. The molecule has 0 atom stereocenters. The lowest BCUT2D eigenvalue weighted by atomic mass is 9.99. The molecule has 0 spiro atoms. The highest BCUT2D eigenvalue weighted by Gasteiger charge is 2.17. The number of para-hydroxylation sites is 2. The molecule has 21 aromatic rings. The SMILES string of the molecule is c1ccc(-c2cc(-c3ccc(-c4ccc5cc(-c6ccc7ccc(-c8cccc9cccnc89)nc7c6)ccc5n4)cc3)nc(-c3ccccc3)n2)cc1.c1cnc2c(-c3ccc4ccc(-c5ccc6nc(-c7ccc8cc(-c9ccc%10ccc%11cccnc%11c%10n9)ccc8c7)ccc6c5)cc4n3)cccc2c1. The number of pyridine rings is 8. The van der Waals surface area contributed by atoms with Gasteiger partial charge in [-0.2, -0.15) is 0 Å². The molecule has 0 saturated carbocycles. The van der Waals surface area contributed by atoms with Crippen LogP contribution in [-0.2, 0) is 0 Å². The Hall–Kier alpha value is -14.7. The summed E-state index contributed by atoms with van der Waals surface area (Å²) in [7, 11) is 0.